The number of hydrogen-bond donors (Lipinski definition) is 0. The smallest absolute Gasteiger partial charge is 0.237 e. The second kappa shape index (κ2) is 10.6. The number of amides is 1. The Morgan fingerprint density at radius 1 is 1.12 bits per heavy atom. The first-order chi connectivity index (χ1) is 15.7. The first-order valence-corrected chi connectivity index (χ1v) is 11.8. The van der Waals surface area contributed by atoms with E-state index in [9.17, 15) is 9.18 Å². The van der Waals surface area contributed by atoms with Crippen LogP contribution in [0, 0.1) is 17.1 Å². The Morgan fingerprint density at radius 3 is 2.36 bits per heavy atom. The van der Waals surface area contributed by atoms with E-state index in [1.54, 1.807) is 12.1 Å². The number of benzene rings is 2. The molecule has 33 heavy (non-hydrogen) atoms. The van der Waals surface area contributed by atoms with Gasteiger partial charge in [0, 0.05) is 24.3 Å². The Labute approximate surface area is 198 Å². The van der Waals surface area contributed by atoms with Crippen LogP contribution in [0.2, 0.25) is 0 Å². The summed E-state index contributed by atoms with van der Waals surface area (Å²) in [5.74, 6) is 0.334. The number of anilines is 1. The minimum atomic E-state index is -0.375. The van der Waals surface area contributed by atoms with E-state index >= 15 is 0 Å². The van der Waals surface area contributed by atoms with Crippen molar-refractivity contribution in [2.24, 2.45) is 0 Å². The van der Waals surface area contributed by atoms with E-state index in [1.807, 2.05) is 11.5 Å². The van der Waals surface area contributed by atoms with Gasteiger partial charge in [0.2, 0.25) is 5.91 Å². The lowest BCUT2D eigenvalue weighted by molar-refractivity contribution is -0.116. The van der Waals surface area contributed by atoms with Crippen molar-refractivity contribution in [3.05, 3.63) is 59.9 Å². The molecule has 6 nitrogen and oxygen atoms in total. The summed E-state index contributed by atoms with van der Waals surface area (Å²) >= 11 is 1.30. The van der Waals surface area contributed by atoms with Crippen LogP contribution in [0.25, 0.3) is 11.4 Å². The lowest BCUT2D eigenvalue weighted by Gasteiger charge is -2.21. The third-order valence-corrected chi connectivity index (χ3v) is 6.21. The van der Waals surface area contributed by atoms with Crippen LogP contribution in [0.15, 0.2) is 53.7 Å². The van der Waals surface area contributed by atoms with Gasteiger partial charge in [0.15, 0.2) is 11.0 Å². The lowest BCUT2D eigenvalue weighted by Crippen LogP contribution is -2.33. The molecule has 172 valence electrons. The summed E-state index contributed by atoms with van der Waals surface area (Å²) < 4.78 is 15.3. The van der Waals surface area contributed by atoms with Gasteiger partial charge >= 0.3 is 0 Å². The highest BCUT2D eigenvalue weighted by atomic mass is 32.2. The van der Waals surface area contributed by atoms with E-state index in [0.717, 1.165) is 11.4 Å². The average Bonchev–Trinajstić information content (AvgIpc) is 3.21. The standard InChI is InChI=1S/C25H28FN5OS/c1-5-30-23(18-7-9-19(10-8-18)25(2,3)4)28-29-24(30)33-17-22(32)31(16-6-15-27)21-13-11-20(26)12-14-21/h7-14H,5-6,16-17H2,1-4H3. The molecule has 3 rings (SSSR count). The van der Waals surface area contributed by atoms with Gasteiger partial charge in [0.05, 0.1) is 18.2 Å². The zero-order valence-corrected chi connectivity index (χ0v) is 20.2. The number of thioether (sulfide) groups is 1. The fourth-order valence-electron chi connectivity index (χ4n) is 3.40. The molecule has 0 radical (unpaired) electrons. The summed E-state index contributed by atoms with van der Waals surface area (Å²) in [6, 6.07) is 16.1. The molecule has 3 aromatic rings. The van der Waals surface area contributed by atoms with Gasteiger partial charge in [-0.05, 0) is 42.2 Å². The molecule has 0 aliphatic rings. The van der Waals surface area contributed by atoms with E-state index in [2.05, 4.69) is 61.3 Å². The largest absolute Gasteiger partial charge is 0.311 e. The molecule has 0 atom stereocenters. The Balaban J connectivity index is 1.76. The van der Waals surface area contributed by atoms with Gasteiger partial charge in [0.25, 0.3) is 0 Å². The normalized spacial score (nSPS) is 11.3. The van der Waals surface area contributed by atoms with Crippen LogP contribution in [0.3, 0.4) is 0 Å². The second-order valence-electron chi connectivity index (χ2n) is 8.60. The Hall–Kier alpha value is -3.18. The third kappa shape index (κ3) is 5.99. The second-order valence-corrected chi connectivity index (χ2v) is 9.54. The molecule has 0 saturated carbocycles. The molecule has 8 heteroatoms. The molecule has 0 bridgehead atoms. The molecule has 1 amide bonds. The summed E-state index contributed by atoms with van der Waals surface area (Å²) in [6.45, 7) is 9.44. The maximum absolute atomic E-state index is 13.3. The highest BCUT2D eigenvalue weighted by molar-refractivity contribution is 7.99. The van der Waals surface area contributed by atoms with E-state index in [-0.39, 0.29) is 35.9 Å². The Kier molecular flexibility index (Phi) is 7.88. The molecule has 0 spiro atoms. The SMILES string of the molecule is CCn1c(SCC(=O)N(CCC#N)c2ccc(F)cc2)nnc1-c1ccc(C(C)(C)C)cc1. The average molecular weight is 466 g/mol. The van der Waals surface area contributed by atoms with E-state index < -0.39 is 0 Å². The van der Waals surface area contributed by atoms with Crippen molar-refractivity contribution in [1.29, 1.82) is 5.26 Å². The number of carbonyl (C=O) groups excluding carboxylic acids is 1. The van der Waals surface area contributed by atoms with Crippen LogP contribution in [0.5, 0.6) is 0 Å². The number of nitrogens with zero attached hydrogens (tertiary/aromatic N) is 5. The van der Waals surface area contributed by atoms with Gasteiger partial charge in [0.1, 0.15) is 5.82 Å². The van der Waals surface area contributed by atoms with E-state index in [1.165, 1.54) is 34.4 Å². The van der Waals surface area contributed by atoms with Crippen LogP contribution in [-0.4, -0.2) is 33.0 Å². The van der Waals surface area contributed by atoms with Crippen LogP contribution >= 0.6 is 11.8 Å². The maximum atomic E-state index is 13.3. The van der Waals surface area contributed by atoms with Crippen molar-refractivity contribution in [3.8, 4) is 17.5 Å². The van der Waals surface area contributed by atoms with Gasteiger partial charge in [-0.2, -0.15) is 5.26 Å². The fraction of sp³-hybridized carbons (Fsp3) is 0.360. The molecule has 1 heterocycles. The number of carbonyl (C=O) groups is 1. The van der Waals surface area contributed by atoms with Gasteiger partial charge in [-0.3, -0.25) is 4.79 Å². The highest BCUT2D eigenvalue weighted by Gasteiger charge is 2.20. The van der Waals surface area contributed by atoms with Gasteiger partial charge in [-0.25, -0.2) is 4.39 Å². The molecule has 0 saturated heterocycles. The molecule has 2 aromatic carbocycles. The maximum Gasteiger partial charge on any atom is 0.237 e. The quantitative estimate of drug-likeness (QED) is 0.414. The zero-order chi connectivity index (χ0) is 24.0. The summed E-state index contributed by atoms with van der Waals surface area (Å²) in [6.07, 6.45) is 0.188. The molecule has 0 aliphatic heterocycles. The lowest BCUT2D eigenvalue weighted by atomic mass is 9.87. The van der Waals surface area contributed by atoms with Crippen LogP contribution in [0.1, 0.15) is 39.7 Å². The van der Waals surface area contributed by atoms with Crippen molar-refractivity contribution in [3.63, 3.8) is 0 Å². The Bertz CT molecular complexity index is 1130. The molecule has 0 aliphatic carbocycles. The monoisotopic (exact) mass is 465 g/mol. The van der Waals surface area contributed by atoms with E-state index in [0.29, 0.717) is 17.4 Å². The zero-order valence-electron chi connectivity index (χ0n) is 19.4. The van der Waals surface area contributed by atoms with Crippen LogP contribution < -0.4 is 4.90 Å². The number of nitriles is 1. The number of rotatable bonds is 8. The molecule has 1 aromatic heterocycles. The summed E-state index contributed by atoms with van der Waals surface area (Å²) in [4.78, 5) is 14.5. The predicted octanol–water partition coefficient (Wildman–Crippen LogP) is 5.44. The molecule has 0 N–H and O–H groups in total. The first-order valence-electron chi connectivity index (χ1n) is 10.8. The molecular formula is C25H28FN5OS. The van der Waals surface area contributed by atoms with Crippen molar-refractivity contribution in [2.75, 3.05) is 17.2 Å². The number of hydrogen-bond acceptors (Lipinski definition) is 5. The molecule has 0 unspecified atom stereocenters. The molecular weight excluding hydrogens is 437 g/mol. The van der Waals surface area contributed by atoms with Crippen molar-refractivity contribution < 1.29 is 9.18 Å². The van der Waals surface area contributed by atoms with Crippen molar-refractivity contribution >= 4 is 23.4 Å². The van der Waals surface area contributed by atoms with Crippen LogP contribution in [-0.2, 0) is 16.8 Å². The fourth-order valence-corrected chi connectivity index (χ4v) is 4.28. The molecule has 0 fully saturated rings. The highest BCUT2D eigenvalue weighted by Crippen LogP contribution is 2.28. The number of halogens is 1. The minimum absolute atomic E-state index is 0.0697. The first kappa shape index (κ1) is 24.5. The van der Waals surface area contributed by atoms with E-state index in [4.69, 9.17) is 5.26 Å². The minimum Gasteiger partial charge on any atom is -0.311 e. The summed E-state index contributed by atoms with van der Waals surface area (Å²) in [5.41, 5.74) is 2.85. The number of aromatic nitrogens is 3. The Morgan fingerprint density at radius 2 is 1.79 bits per heavy atom. The van der Waals surface area contributed by atoms with Gasteiger partial charge in [-0.15, -0.1) is 10.2 Å². The van der Waals surface area contributed by atoms with Gasteiger partial charge in [-0.1, -0.05) is 56.8 Å². The van der Waals surface area contributed by atoms with Gasteiger partial charge < -0.3 is 9.47 Å². The van der Waals surface area contributed by atoms with Crippen molar-refractivity contribution in [1.82, 2.24) is 14.8 Å². The summed E-state index contributed by atoms with van der Waals surface area (Å²) in [5, 5.41) is 18.3. The van der Waals surface area contributed by atoms with Crippen LogP contribution in [0.4, 0.5) is 10.1 Å². The summed E-state index contributed by atoms with van der Waals surface area (Å²) in [7, 11) is 0. The predicted molar refractivity (Wildman–Crippen MR) is 130 cm³/mol. The van der Waals surface area contributed by atoms with Crippen molar-refractivity contribution in [2.45, 2.75) is 51.2 Å². The topological polar surface area (TPSA) is 74.8 Å². The third-order valence-electron chi connectivity index (χ3n) is 5.25.